The number of ether oxygens (including phenoxy) is 4. The molecule has 3 N–H and O–H groups in total. The SMILES string of the molecule is CO[C@@H](C)c1ncc(N2CCN(C3CC3)CC2)cc1-c1c2c3cc(ccc3n1CCOC1CCOCC1)-c1csc(n1)C(=[N+]1CCCC1)[C@H](N)C(=O)N1CCC[C@H](N1)C(=O)OCC(C)(C)C2. The van der Waals surface area contributed by atoms with Crippen molar-refractivity contribution in [3.05, 3.63) is 52.1 Å². The summed E-state index contributed by atoms with van der Waals surface area (Å²) >= 11 is 1.53. The highest BCUT2D eigenvalue weighted by Crippen LogP contribution is 2.43. The van der Waals surface area contributed by atoms with Crippen molar-refractivity contribution in [3.8, 4) is 22.5 Å². The van der Waals surface area contributed by atoms with Gasteiger partial charge in [-0.15, -0.1) is 11.3 Å². The van der Waals surface area contributed by atoms with Gasteiger partial charge in [-0.05, 0) is 75.6 Å². The molecule has 10 rings (SSSR count). The van der Waals surface area contributed by atoms with E-state index in [2.05, 4.69) is 74.8 Å². The number of hydrogen-bond donors (Lipinski definition) is 2. The smallest absolute Gasteiger partial charge is 0.324 e. The number of amides is 1. The van der Waals surface area contributed by atoms with Gasteiger partial charge in [0.1, 0.15) is 19.1 Å². The third-order valence-electron chi connectivity index (χ3n) is 14.7. The summed E-state index contributed by atoms with van der Waals surface area (Å²) in [5.41, 5.74) is 18.6. The Balaban J connectivity index is 1.14. The number of nitrogens with one attached hydrogen (secondary N) is 1. The van der Waals surface area contributed by atoms with Gasteiger partial charge in [-0.1, -0.05) is 19.9 Å². The number of fused-ring (bicyclic) bond motifs is 6. The third kappa shape index (κ3) is 9.43. The van der Waals surface area contributed by atoms with E-state index in [1.807, 2.05) is 6.20 Å². The predicted molar refractivity (Wildman–Crippen MR) is 256 cm³/mol. The van der Waals surface area contributed by atoms with Crippen LogP contribution in [0.3, 0.4) is 0 Å². The molecular weight excluding hydrogens is 855 g/mol. The number of pyridine rings is 1. The number of hydrazine groups is 1. The summed E-state index contributed by atoms with van der Waals surface area (Å²) in [5, 5.41) is 5.47. The highest BCUT2D eigenvalue weighted by molar-refractivity contribution is 7.12. The first-order chi connectivity index (χ1) is 32.0. The highest BCUT2D eigenvalue weighted by Gasteiger charge is 2.40. The molecule has 3 atom stereocenters. The van der Waals surface area contributed by atoms with E-state index < -0.39 is 17.5 Å². The van der Waals surface area contributed by atoms with Gasteiger partial charge in [0.05, 0.1) is 54.4 Å². The molecule has 3 aromatic heterocycles. The first-order valence-electron chi connectivity index (χ1n) is 24.5. The minimum absolute atomic E-state index is 0.151. The van der Waals surface area contributed by atoms with Gasteiger partial charge < -0.3 is 34.1 Å². The van der Waals surface area contributed by atoms with Gasteiger partial charge in [0.15, 0.2) is 11.0 Å². The molecular formula is C50H68N9O6S+. The van der Waals surface area contributed by atoms with Crippen molar-refractivity contribution < 1.29 is 33.1 Å². The van der Waals surface area contributed by atoms with E-state index in [0.717, 1.165) is 132 Å². The fourth-order valence-electron chi connectivity index (χ4n) is 10.7. The predicted octanol–water partition coefficient (Wildman–Crippen LogP) is 5.56. The number of piperazine rings is 1. The molecule has 66 heavy (non-hydrogen) atoms. The average Bonchev–Trinajstić information content (AvgIpc) is 3.69. The zero-order valence-electron chi connectivity index (χ0n) is 39.3. The van der Waals surface area contributed by atoms with Gasteiger partial charge >= 0.3 is 5.97 Å². The average molecular weight is 923 g/mol. The van der Waals surface area contributed by atoms with E-state index in [9.17, 15) is 9.59 Å². The molecule has 0 unspecified atom stereocenters. The first-order valence-corrected chi connectivity index (χ1v) is 25.4. The van der Waals surface area contributed by atoms with E-state index in [4.69, 9.17) is 34.6 Å². The van der Waals surface area contributed by atoms with Gasteiger partial charge in [0.2, 0.25) is 5.71 Å². The normalized spacial score (nSPS) is 24.3. The third-order valence-corrected chi connectivity index (χ3v) is 15.5. The van der Waals surface area contributed by atoms with Crippen molar-refractivity contribution in [2.45, 2.75) is 115 Å². The Bertz CT molecular complexity index is 2440. The number of thiazole rings is 1. The molecule has 16 heteroatoms. The van der Waals surface area contributed by atoms with Crippen LogP contribution in [0.1, 0.15) is 94.5 Å². The number of rotatable bonds is 9. The van der Waals surface area contributed by atoms with E-state index in [0.29, 0.717) is 52.2 Å². The van der Waals surface area contributed by atoms with Crippen molar-refractivity contribution >= 4 is 45.5 Å². The quantitative estimate of drug-likeness (QED) is 0.160. The molecule has 15 nitrogen and oxygen atoms in total. The van der Waals surface area contributed by atoms with Gasteiger partial charge in [0, 0.05) is 111 Å². The molecule has 8 heterocycles. The lowest BCUT2D eigenvalue weighted by Gasteiger charge is -2.36. The Kier molecular flexibility index (Phi) is 13.4. The van der Waals surface area contributed by atoms with Crippen molar-refractivity contribution in [2.75, 3.05) is 84.3 Å². The van der Waals surface area contributed by atoms with Crippen LogP contribution in [0.5, 0.6) is 0 Å². The molecule has 354 valence electrons. The van der Waals surface area contributed by atoms with Crippen LogP contribution in [0.2, 0.25) is 0 Å². The number of esters is 1. The Morgan fingerprint density at radius 2 is 1.80 bits per heavy atom. The second kappa shape index (κ2) is 19.4. The molecule has 0 radical (unpaired) electrons. The van der Waals surface area contributed by atoms with E-state index in [-0.39, 0.29) is 30.7 Å². The molecule has 6 aliphatic rings. The first kappa shape index (κ1) is 45.5. The van der Waals surface area contributed by atoms with Crippen LogP contribution >= 0.6 is 11.3 Å². The molecule has 1 saturated carbocycles. The zero-order chi connectivity index (χ0) is 45.5. The van der Waals surface area contributed by atoms with Crippen molar-refractivity contribution in [3.63, 3.8) is 0 Å². The number of cyclic esters (lactones) is 1. The summed E-state index contributed by atoms with van der Waals surface area (Å²) in [7, 11) is 1.75. The lowest BCUT2D eigenvalue weighted by atomic mass is 9.84. The van der Waals surface area contributed by atoms with Crippen molar-refractivity contribution in [2.24, 2.45) is 11.1 Å². The van der Waals surface area contributed by atoms with Crippen molar-refractivity contribution in [1.29, 1.82) is 0 Å². The summed E-state index contributed by atoms with van der Waals surface area (Å²) < 4.78 is 29.3. The molecule has 6 bridgehead atoms. The largest absolute Gasteiger partial charge is 0.464 e. The summed E-state index contributed by atoms with van der Waals surface area (Å²) in [5.74, 6) is -0.636. The number of carbonyl (C=O) groups is 2. The second-order valence-corrected chi connectivity index (χ2v) is 20.9. The second-order valence-electron chi connectivity index (χ2n) is 20.0. The van der Waals surface area contributed by atoms with Crippen LogP contribution in [0.4, 0.5) is 5.69 Å². The summed E-state index contributed by atoms with van der Waals surface area (Å²) in [4.78, 5) is 43.9. The standard InChI is InChI=1S/C50H68N9O6S/c1-32(62-4)44-38(27-35(29-52-44)56-20-18-55(19-21-56)34-10-11-34)45-39-28-50(2,3)31-65-49(61)40-8-7-17-59(54-40)48(60)43(51)46(57-15-5-6-16-57)47-53-41(30-66-47)33-9-12-42(37(39)26-33)58(45)22-25-64-36-13-23-63-24-14-36/h9,12,26-27,29-30,32,34,36,40,43,54H,5-8,10-11,13-25,28,31,51H2,1-4H3/q+1/t32-,40-,43-/m0/s1. The highest BCUT2D eigenvalue weighted by atomic mass is 32.1. The maximum atomic E-state index is 14.2. The topological polar surface area (TPSA) is 153 Å². The van der Waals surface area contributed by atoms with E-state index in [1.54, 1.807) is 7.11 Å². The van der Waals surface area contributed by atoms with Crippen LogP contribution in [-0.2, 0) is 41.5 Å². The fourth-order valence-corrected chi connectivity index (χ4v) is 11.7. The zero-order valence-corrected chi connectivity index (χ0v) is 40.1. The molecule has 1 amide bonds. The number of hydrogen-bond acceptors (Lipinski definition) is 13. The van der Waals surface area contributed by atoms with Crippen LogP contribution in [0, 0.1) is 5.41 Å². The number of carbonyl (C=O) groups excluding carboxylic acids is 2. The van der Waals surface area contributed by atoms with Gasteiger partial charge in [-0.3, -0.25) is 24.5 Å². The number of benzene rings is 1. The monoisotopic (exact) mass is 923 g/mol. The Morgan fingerprint density at radius 1 is 1.02 bits per heavy atom. The number of anilines is 1. The minimum atomic E-state index is -0.952. The lowest BCUT2D eigenvalue weighted by molar-refractivity contribution is -0.506. The van der Waals surface area contributed by atoms with E-state index >= 15 is 0 Å². The van der Waals surface area contributed by atoms with Crippen LogP contribution < -0.4 is 16.1 Å². The number of nitrogens with zero attached hydrogens (tertiary/aromatic N) is 7. The summed E-state index contributed by atoms with van der Waals surface area (Å²) in [6, 6.07) is 8.14. The molecule has 5 aliphatic heterocycles. The number of methoxy groups -OCH3 is 1. The van der Waals surface area contributed by atoms with Crippen LogP contribution in [-0.4, -0.2) is 150 Å². The van der Waals surface area contributed by atoms with Crippen LogP contribution in [0.15, 0.2) is 35.8 Å². The Labute approximate surface area is 392 Å². The summed E-state index contributed by atoms with van der Waals surface area (Å²) in [6.07, 6.45) is 10.2. The fraction of sp³-hybridized carbons (Fsp3) is 0.620. The van der Waals surface area contributed by atoms with E-state index in [1.165, 1.54) is 29.2 Å². The van der Waals surface area contributed by atoms with Gasteiger partial charge in [0.25, 0.3) is 5.91 Å². The molecule has 1 aromatic carbocycles. The van der Waals surface area contributed by atoms with Gasteiger partial charge in [-0.2, -0.15) is 0 Å². The molecule has 5 fully saturated rings. The maximum absolute atomic E-state index is 14.2. The molecule has 1 aliphatic carbocycles. The summed E-state index contributed by atoms with van der Waals surface area (Å²) in [6.45, 7) is 15.3. The lowest BCUT2D eigenvalue weighted by Crippen LogP contribution is -2.61. The minimum Gasteiger partial charge on any atom is -0.464 e. The molecule has 0 spiro atoms. The number of nitrogens with two attached hydrogens (primary N) is 1. The van der Waals surface area contributed by atoms with Gasteiger partial charge in [-0.25, -0.2) is 15.0 Å². The van der Waals surface area contributed by atoms with Crippen molar-refractivity contribution in [1.82, 2.24) is 29.9 Å². The Morgan fingerprint density at radius 3 is 2.56 bits per heavy atom. The molecule has 4 aromatic rings. The molecule has 4 saturated heterocycles. The number of aromatic nitrogens is 3. The Hall–Kier alpha value is -4.29. The maximum Gasteiger partial charge on any atom is 0.324 e. The van der Waals surface area contributed by atoms with Crippen LogP contribution in [0.25, 0.3) is 33.4 Å².